The molecule has 29 heavy (non-hydrogen) atoms. The van der Waals surface area contributed by atoms with Gasteiger partial charge < -0.3 is 24.8 Å². The summed E-state index contributed by atoms with van der Waals surface area (Å²) in [6.07, 6.45) is 6.24. The Labute approximate surface area is 173 Å². The Morgan fingerprint density at radius 2 is 2.03 bits per heavy atom. The lowest BCUT2D eigenvalue weighted by atomic mass is 10.0. The summed E-state index contributed by atoms with van der Waals surface area (Å²) >= 11 is 0. The molecule has 0 bridgehead atoms. The van der Waals surface area contributed by atoms with Gasteiger partial charge in [-0.25, -0.2) is 0 Å². The van der Waals surface area contributed by atoms with Crippen LogP contribution in [0, 0.1) is 0 Å². The molecule has 158 valence electrons. The zero-order valence-corrected chi connectivity index (χ0v) is 17.7. The molecule has 0 saturated carbocycles. The molecule has 2 aromatic rings. The number of fused-ring (bicyclic) bond motifs is 2. The molecule has 2 aliphatic rings. The molecule has 1 saturated heterocycles. The number of pyridine rings is 1. The first-order valence-electron chi connectivity index (χ1n) is 11.0. The second kappa shape index (κ2) is 9.18. The second-order valence-corrected chi connectivity index (χ2v) is 8.06. The van der Waals surface area contributed by atoms with Crippen LogP contribution in [-0.2, 0) is 12.8 Å². The van der Waals surface area contributed by atoms with Crippen molar-refractivity contribution in [2.75, 3.05) is 45.3 Å². The molecule has 6 nitrogen and oxygen atoms in total. The maximum Gasteiger partial charge on any atom is 0.163 e. The van der Waals surface area contributed by atoms with Gasteiger partial charge in [0.15, 0.2) is 11.5 Å². The molecule has 0 spiro atoms. The van der Waals surface area contributed by atoms with Gasteiger partial charge in [-0.2, -0.15) is 0 Å². The lowest BCUT2D eigenvalue weighted by Crippen LogP contribution is -2.39. The van der Waals surface area contributed by atoms with Crippen LogP contribution in [0.2, 0.25) is 0 Å². The van der Waals surface area contributed by atoms with Crippen LogP contribution in [0.4, 0.5) is 5.69 Å². The summed E-state index contributed by atoms with van der Waals surface area (Å²) in [4.78, 5) is 7.49. The standard InChI is InChI=1S/C23H33N3O3/c1-3-26-10-8-16(9-11-26)24-23-17-6-4-7-19(17)25-20-15-22(29-13-5-12-27)21(28-2)14-18(20)23/h14-16,27H,3-13H2,1-2H3,(H,24,25). The first-order chi connectivity index (χ1) is 14.2. The molecule has 1 aliphatic carbocycles. The third-order valence-electron chi connectivity index (χ3n) is 6.24. The topological polar surface area (TPSA) is 66.9 Å². The van der Waals surface area contributed by atoms with E-state index in [4.69, 9.17) is 19.6 Å². The lowest BCUT2D eigenvalue weighted by molar-refractivity contribution is 0.228. The Morgan fingerprint density at radius 1 is 1.21 bits per heavy atom. The summed E-state index contributed by atoms with van der Waals surface area (Å²) in [6, 6.07) is 4.56. The Hall–Kier alpha value is -2.05. The average Bonchev–Trinajstić information content (AvgIpc) is 3.22. The number of aryl methyl sites for hydroxylation is 1. The molecule has 4 rings (SSSR count). The summed E-state index contributed by atoms with van der Waals surface area (Å²) in [5, 5.41) is 14.1. The molecule has 0 atom stereocenters. The van der Waals surface area contributed by atoms with Crippen LogP contribution in [0.25, 0.3) is 10.9 Å². The van der Waals surface area contributed by atoms with Crippen molar-refractivity contribution in [3.63, 3.8) is 0 Å². The lowest BCUT2D eigenvalue weighted by Gasteiger charge is -2.32. The number of methoxy groups -OCH3 is 1. The van der Waals surface area contributed by atoms with Crippen LogP contribution >= 0.6 is 0 Å². The van der Waals surface area contributed by atoms with E-state index in [1.54, 1.807) is 7.11 Å². The zero-order valence-electron chi connectivity index (χ0n) is 17.7. The van der Waals surface area contributed by atoms with E-state index in [2.05, 4.69) is 23.2 Å². The van der Waals surface area contributed by atoms with Gasteiger partial charge >= 0.3 is 0 Å². The normalized spacial score (nSPS) is 17.5. The second-order valence-electron chi connectivity index (χ2n) is 8.06. The van der Waals surface area contributed by atoms with Crippen molar-refractivity contribution in [1.82, 2.24) is 9.88 Å². The summed E-state index contributed by atoms with van der Waals surface area (Å²) in [7, 11) is 1.68. The van der Waals surface area contributed by atoms with Gasteiger partial charge in [0, 0.05) is 55.0 Å². The van der Waals surface area contributed by atoms with Crippen LogP contribution in [0.5, 0.6) is 11.5 Å². The third-order valence-corrected chi connectivity index (χ3v) is 6.24. The quantitative estimate of drug-likeness (QED) is 0.664. The number of nitrogens with zero attached hydrogens (tertiary/aromatic N) is 2. The number of benzene rings is 1. The maximum absolute atomic E-state index is 9.04. The molecular formula is C23H33N3O3. The van der Waals surface area contributed by atoms with Crippen molar-refractivity contribution in [1.29, 1.82) is 0 Å². The van der Waals surface area contributed by atoms with Gasteiger partial charge in [0.2, 0.25) is 0 Å². The predicted molar refractivity (Wildman–Crippen MR) is 116 cm³/mol. The minimum absolute atomic E-state index is 0.118. The van der Waals surface area contributed by atoms with E-state index in [1.165, 1.54) is 36.2 Å². The summed E-state index contributed by atoms with van der Waals surface area (Å²) in [6.45, 7) is 6.27. The smallest absolute Gasteiger partial charge is 0.163 e. The number of aromatic nitrogens is 1. The van der Waals surface area contributed by atoms with Crippen molar-refractivity contribution in [2.24, 2.45) is 0 Å². The Kier molecular flexibility index (Phi) is 6.40. The molecule has 0 amide bonds. The largest absolute Gasteiger partial charge is 0.493 e. The van der Waals surface area contributed by atoms with Crippen LogP contribution in [0.3, 0.4) is 0 Å². The van der Waals surface area contributed by atoms with Gasteiger partial charge in [-0.05, 0) is 50.3 Å². The Morgan fingerprint density at radius 3 is 2.76 bits per heavy atom. The van der Waals surface area contributed by atoms with Gasteiger partial charge in [-0.15, -0.1) is 0 Å². The zero-order chi connectivity index (χ0) is 20.2. The van der Waals surface area contributed by atoms with Gasteiger partial charge in [0.1, 0.15) is 0 Å². The van der Waals surface area contributed by atoms with E-state index in [-0.39, 0.29) is 6.61 Å². The monoisotopic (exact) mass is 399 g/mol. The summed E-state index contributed by atoms with van der Waals surface area (Å²) in [5.41, 5.74) is 4.81. The molecule has 1 aromatic heterocycles. The molecule has 1 fully saturated rings. The fourth-order valence-corrected chi connectivity index (χ4v) is 4.55. The molecule has 0 unspecified atom stereocenters. The Balaban J connectivity index is 1.68. The first kappa shape index (κ1) is 20.2. The van der Waals surface area contributed by atoms with Crippen molar-refractivity contribution >= 4 is 16.6 Å². The number of aliphatic hydroxyl groups is 1. The predicted octanol–water partition coefficient (Wildman–Crippen LogP) is 3.39. The van der Waals surface area contributed by atoms with Crippen LogP contribution in [-0.4, -0.2) is 61.0 Å². The van der Waals surface area contributed by atoms with Crippen LogP contribution in [0.1, 0.15) is 43.9 Å². The SMILES string of the molecule is CCN1CCC(Nc2c3c(nc4cc(OCCCO)c(OC)cc24)CCC3)CC1. The highest BCUT2D eigenvalue weighted by molar-refractivity contribution is 5.96. The molecule has 1 aromatic carbocycles. The molecular weight excluding hydrogens is 366 g/mol. The highest BCUT2D eigenvalue weighted by Gasteiger charge is 2.25. The van der Waals surface area contributed by atoms with Gasteiger partial charge in [0.05, 0.1) is 19.2 Å². The maximum atomic E-state index is 9.04. The summed E-state index contributed by atoms with van der Waals surface area (Å²) in [5.74, 6) is 1.42. The number of aliphatic hydroxyl groups excluding tert-OH is 1. The fourth-order valence-electron chi connectivity index (χ4n) is 4.55. The number of hydrogen-bond donors (Lipinski definition) is 2. The number of likely N-dealkylation sites (tertiary alicyclic amines) is 1. The van der Waals surface area contributed by atoms with Crippen LogP contribution in [0.15, 0.2) is 12.1 Å². The molecule has 0 radical (unpaired) electrons. The molecule has 1 aliphatic heterocycles. The third kappa shape index (κ3) is 4.28. The van der Waals surface area contributed by atoms with E-state index in [9.17, 15) is 0 Å². The van der Waals surface area contributed by atoms with Gasteiger partial charge in [-0.3, -0.25) is 4.98 Å². The minimum Gasteiger partial charge on any atom is -0.493 e. The van der Waals surface area contributed by atoms with E-state index in [0.717, 1.165) is 49.1 Å². The minimum atomic E-state index is 0.118. The van der Waals surface area contributed by atoms with Gasteiger partial charge in [-0.1, -0.05) is 6.92 Å². The number of piperidine rings is 1. The van der Waals surface area contributed by atoms with Crippen molar-refractivity contribution in [3.05, 3.63) is 23.4 Å². The number of rotatable bonds is 8. The van der Waals surface area contributed by atoms with E-state index in [0.29, 0.717) is 24.8 Å². The number of ether oxygens (including phenoxy) is 2. The van der Waals surface area contributed by atoms with E-state index >= 15 is 0 Å². The van der Waals surface area contributed by atoms with Gasteiger partial charge in [0.25, 0.3) is 0 Å². The van der Waals surface area contributed by atoms with Crippen molar-refractivity contribution in [2.45, 2.75) is 51.5 Å². The van der Waals surface area contributed by atoms with Crippen molar-refractivity contribution < 1.29 is 14.6 Å². The molecule has 6 heteroatoms. The highest BCUT2D eigenvalue weighted by atomic mass is 16.5. The Bertz CT molecular complexity index is 847. The summed E-state index contributed by atoms with van der Waals surface area (Å²) < 4.78 is 11.5. The number of hydrogen-bond acceptors (Lipinski definition) is 6. The van der Waals surface area contributed by atoms with E-state index < -0.39 is 0 Å². The average molecular weight is 400 g/mol. The molecule has 2 heterocycles. The first-order valence-corrected chi connectivity index (χ1v) is 11.0. The van der Waals surface area contributed by atoms with Crippen LogP contribution < -0.4 is 14.8 Å². The number of nitrogens with one attached hydrogen (secondary N) is 1. The van der Waals surface area contributed by atoms with Crippen molar-refractivity contribution in [3.8, 4) is 11.5 Å². The van der Waals surface area contributed by atoms with E-state index in [1.807, 2.05) is 6.07 Å². The fraction of sp³-hybridized carbons (Fsp3) is 0.609. The highest BCUT2D eigenvalue weighted by Crippen LogP contribution is 2.40. The molecule has 2 N–H and O–H groups in total. The number of anilines is 1.